The number of hydrogen-bond donors (Lipinski definition) is 4. The molecule has 0 fully saturated rings. The standard InChI is InChI=1S/C20H22N4O3/c25-18(24-27)9-5-2-6-12-21-20(26)15-10-11-16-17(13-15)23-19(22-16)14-7-3-1-4-8-14/h1,3-4,7-8,10-11,13,27H,2,5-6,9,12H2,(H,21,26)(H,22,23)(H,24,25). The maximum absolute atomic E-state index is 12.3. The van der Waals surface area contributed by atoms with Crippen LogP contribution in [0.2, 0.25) is 0 Å². The van der Waals surface area contributed by atoms with Gasteiger partial charge in [-0.3, -0.25) is 14.8 Å². The first-order chi connectivity index (χ1) is 13.2. The first-order valence-electron chi connectivity index (χ1n) is 8.93. The number of amides is 2. The molecular weight excluding hydrogens is 344 g/mol. The summed E-state index contributed by atoms with van der Waals surface area (Å²) in [5.41, 5.74) is 4.80. The lowest BCUT2D eigenvalue weighted by molar-refractivity contribution is -0.129. The molecule has 0 saturated carbocycles. The number of fused-ring (bicyclic) bond motifs is 1. The van der Waals surface area contributed by atoms with E-state index in [-0.39, 0.29) is 18.2 Å². The van der Waals surface area contributed by atoms with Gasteiger partial charge in [-0.2, -0.15) is 0 Å². The molecule has 4 N–H and O–H groups in total. The molecule has 27 heavy (non-hydrogen) atoms. The predicted molar refractivity (Wildman–Crippen MR) is 102 cm³/mol. The lowest BCUT2D eigenvalue weighted by Gasteiger charge is -2.05. The van der Waals surface area contributed by atoms with Crippen molar-refractivity contribution in [2.45, 2.75) is 25.7 Å². The van der Waals surface area contributed by atoms with Gasteiger partial charge in [-0.15, -0.1) is 0 Å². The number of aromatic amines is 1. The van der Waals surface area contributed by atoms with Crippen LogP contribution < -0.4 is 10.8 Å². The number of carbonyl (C=O) groups excluding carboxylic acids is 2. The van der Waals surface area contributed by atoms with E-state index in [9.17, 15) is 9.59 Å². The number of benzene rings is 2. The van der Waals surface area contributed by atoms with Crippen molar-refractivity contribution >= 4 is 22.8 Å². The summed E-state index contributed by atoms with van der Waals surface area (Å²) in [6, 6.07) is 15.2. The second kappa shape index (κ2) is 8.95. The highest BCUT2D eigenvalue weighted by Crippen LogP contribution is 2.21. The van der Waals surface area contributed by atoms with Crippen molar-refractivity contribution < 1.29 is 14.8 Å². The van der Waals surface area contributed by atoms with E-state index in [2.05, 4.69) is 15.3 Å². The van der Waals surface area contributed by atoms with Gasteiger partial charge >= 0.3 is 0 Å². The molecule has 0 atom stereocenters. The van der Waals surface area contributed by atoms with Crippen molar-refractivity contribution in [3.8, 4) is 11.4 Å². The Morgan fingerprint density at radius 3 is 2.63 bits per heavy atom. The second-order valence-electron chi connectivity index (χ2n) is 6.28. The highest BCUT2D eigenvalue weighted by atomic mass is 16.5. The molecule has 1 heterocycles. The van der Waals surface area contributed by atoms with Crippen molar-refractivity contribution in [1.29, 1.82) is 0 Å². The zero-order valence-corrected chi connectivity index (χ0v) is 14.9. The molecule has 0 radical (unpaired) electrons. The van der Waals surface area contributed by atoms with Crippen molar-refractivity contribution in [2.75, 3.05) is 6.54 Å². The maximum Gasteiger partial charge on any atom is 0.251 e. The molecule has 0 bridgehead atoms. The molecule has 2 aromatic carbocycles. The Hall–Kier alpha value is -3.19. The van der Waals surface area contributed by atoms with E-state index < -0.39 is 0 Å². The van der Waals surface area contributed by atoms with Crippen molar-refractivity contribution in [3.05, 3.63) is 54.1 Å². The molecule has 0 unspecified atom stereocenters. The number of carbonyl (C=O) groups is 2. The number of unbranched alkanes of at least 4 members (excludes halogenated alkanes) is 2. The largest absolute Gasteiger partial charge is 0.352 e. The third-order valence-electron chi connectivity index (χ3n) is 4.28. The van der Waals surface area contributed by atoms with Gasteiger partial charge in [0.25, 0.3) is 5.91 Å². The van der Waals surface area contributed by atoms with Crippen LogP contribution in [-0.2, 0) is 4.79 Å². The van der Waals surface area contributed by atoms with E-state index in [1.54, 1.807) is 17.6 Å². The van der Waals surface area contributed by atoms with Crippen LogP contribution in [0.25, 0.3) is 22.4 Å². The molecule has 0 spiro atoms. The predicted octanol–water partition coefficient (Wildman–Crippen LogP) is 3.03. The number of rotatable bonds is 8. The first kappa shape index (κ1) is 18.6. The van der Waals surface area contributed by atoms with Gasteiger partial charge in [0.15, 0.2) is 0 Å². The smallest absolute Gasteiger partial charge is 0.251 e. The Morgan fingerprint density at radius 2 is 1.85 bits per heavy atom. The minimum absolute atomic E-state index is 0.138. The molecule has 7 heteroatoms. The molecular formula is C20H22N4O3. The number of nitrogens with zero attached hydrogens (tertiary/aromatic N) is 1. The molecule has 3 rings (SSSR count). The van der Waals surface area contributed by atoms with Crippen molar-refractivity contribution in [2.24, 2.45) is 0 Å². The van der Waals surface area contributed by atoms with Crippen LogP contribution in [0.3, 0.4) is 0 Å². The monoisotopic (exact) mass is 366 g/mol. The second-order valence-corrected chi connectivity index (χ2v) is 6.28. The molecule has 7 nitrogen and oxygen atoms in total. The van der Waals surface area contributed by atoms with Gasteiger partial charge in [-0.05, 0) is 31.0 Å². The fraction of sp³-hybridized carbons (Fsp3) is 0.250. The number of nitrogens with one attached hydrogen (secondary N) is 3. The number of H-pyrrole nitrogens is 1. The molecule has 0 saturated heterocycles. The lowest BCUT2D eigenvalue weighted by atomic mass is 10.1. The molecule has 0 aliphatic rings. The van der Waals surface area contributed by atoms with E-state index in [4.69, 9.17) is 5.21 Å². The van der Waals surface area contributed by atoms with Gasteiger partial charge in [0.1, 0.15) is 5.82 Å². The summed E-state index contributed by atoms with van der Waals surface area (Å²) in [5, 5.41) is 11.3. The quantitative estimate of drug-likeness (QED) is 0.279. The number of hydrogen-bond acceptors (Lipinski definition) is 4. The Labute approximate surface area is 156 Å². The fourth-order valence-corrected chi connectivity index (χ4v) is 2.83. The zero-order valence-electron chi connectivity index (χ0n) is 14.9. The van der Waals surface area contributed by atoms with E-state index in [1.165, 1.54) is 0 Å². The van der Waals surface area contributed by atoms with Gasteiger partial charge < -0.3 is 10.3 Å². The van der Waals surface area contributed by atoms with Gasteiger partial charge in [0, 0.05) is 24.1 Å². The Morgan fingerprint density at radius 1 is 1.04 bits per heavy atom. The van der Waals surface area contributed by atoms with Crippen molar-refractivity contribution in [1.82, 2.24) is 20.8 Å². The topological polar surface area (TPSA) is 107 Å². The number of hydroxylamine groups is 1. The van der Waals surface area contributed by atoms with Gasteiger partial charge in [-0.25, -0.2) is 10.5 Å². The van der Waals surface area contributed by atoms with E-state index in [0.29, 0.717) is 18.5 Å². The van der Waals surface area contributed by atoms with Crippen LogP contribution in [0.1, 0.15) is 36.0 Å². The number of imidazole rings is 1. The summed E-state index contributed by atoms with van der Waals surface area (Å²) >= 11 is 0. The number of aromatic nitrogens is 2. The Bertz CT molecular complexity index is 921. The van der Waals surface area contributed by atoms with Crippen molar-refractivity contribution in [3.63, 3.8) is 0 Å². The summed E-state index contributed by atoms with van der Waals surface area (Å²) in [6.45, 7) is 0.538. The molecule has 0 aliphatic carbocycles. The molecule has 1 aromatic heterocycles. The normalized spacial score (nSPS) is 10.7. The first-order valence-corrected chi connectivity index (χ1v) is 8.93. The average molecular weight is 366 g/mol. The van der Waals surface area contributed by atoms with E-state index in [1.807, 2.05) is 36.4 Å². The van der Waals surface area contributed by atoms with Crippen LogP contribution in [0, 0.1) is 0 Å². The third-order valence-corrected chi connectivity index (χ3v) is 4.28. The minimum atomic E-state index is -0.387. The third kappa shape index (κ3) is 4.92. The van der Waals surface area contributed by atoms with E-state index >= 15 is 0 Å². The zero-order chi connectivity index (χ0) is 19.1. The van der Waals surface area contributed by atoms with Crippen LogP contribution in [-0.4, -0.2) is 33.5 Å². The highest BCUT2D eigenvalue weighted by molar-refractivity contribution is 5.97. The molecule has 3 aromatic rings. The fourth-order valence-electron chi connectivity index (χ4n) is 2.83. The average Bonchev–Trinajstić information content (AvgIpc) is 3.14. The van der Waals surface area contributed by atoms with E-state index in [0.717, 1.165) is 35.3 Å². The Kier molecular flexibility index (Phi) is 6.17. The van der Waals surface area contributed by atoms with Gasteiger partial charge in [-0.1, -0.05) is 36.8 Å². The summed E-state index contributed by atoms with van der Waals surface area (Å²) in [5.74, 6) is 0.248. The summed E-state index contributed by atoms with van der Waals surface area (Å²) < 4.78 is 0. The Balaban J connectivity index is 1.55. The minimum Gasteiger partial charge on any atom is -0.352 e. The van der Waals surface area contributed by atoms with Crippen LogP contribution in [0.5, 0.6) is 0 Å². The van der Waals surface area contributed by atoms with Gasteiger partial charge in [0.05, 0.1) is 11.0 Å². The highest BCUT2D eigenvalue weighted by Gasteiger charge is 2.09. The SMILES string of the molecule is O=C(CCCCCNC(=O)c1ccc2nc(-c3ccccc3)[nH]c2c1)NO. The maximum atomic E-state index is 12.3. The van der Waals surface area contributed by atoms with Crippen LogP contribution in [0.4, 0.5) is 0 Å². The summed E-state index contributed by atoms with van der Waals surface area (Å²) in [7, 11) is 0. The van der Waals surface area contributed by atoms with Gasteiger partial charge in [0.2, 0.25) is 5.91 Å². The molecule has 0 aliphatic heterocycles. The summed E-state index contributed by atoms with van der Waals surface area (Å²) in [6.07, 6.45) is 2.53. The molecule has 2 amide bonds. The molecule has 140 valence electrons. The summed E-state index contributed by atoms with van der Waals surface area (Å²) in [4.78, 5) is 31.0. The van der Waals surface area contributed by atoms with Crippen LogP contribution >= 0.6 is 0 Å². The van der Waals surface area contributed by atoms with Crippen LogP contribution in [0.15, 0.2) is 48.5 Å². The lowest BCUT2D eigenvalue weighted by Crippen LogP contribution is -2.24.